The van der Waals surface area contributed by atoms with Crippen LogP contribution in [0.25, 0.3) is 0 Å². The van der Waals surface area contributed by atoms with Crippen molar-refractivity contribution in [1.29, 1.82) is 0 Å². The number of hydrogen-bond donors (Lipinski definition) is 0. The fraction of sp³-hybridized carbons (Fsp3) is 0.207. The Kier molecular flexibility index (Phi) is 5.74. The first-order chi connectivity index (χ1) is 16.2. The molecular weight excluding hydrogens is 408 g/mol. The Morgan fingerprint density at radius 1 is 0.879 bits per heavy atom. The topological polar surface area (TPSA) is 52.0 Å². The Balaban J connectivity index is 1.77. The minimum absolute atomic E-state index is 0.165. The fourth-order valence-corrected chi connectivity index (χ4v) is 4.83. The highest BCUT2D eigenvalue weighted by molar-refractivity contribution is 6.04. The summed E-state index contributed by atoms with van der Waals surface area (Å²) in [7, 11) is 0. The summed E-state index contributed by atoms with van der Waals surface area (Å²) in [6.45, 7) is 0. The van der Waals surface area contributed by atoms with Crippen LogP contribution in [0.1, 0.15) is 46.4 Å². The van der Waals surface area contributed by atoms with Crippen LogP contribution in [0.2, 0.25) is 0 Å². The molecule has 1 aliphatic rings. The predicted molar refractivity (Wildman–Crippen MR) is 128 cm³/mol. The molecule has 0 radical (unpaired) electrons. The first-order valence-electron chi connectivity index (χ1n) is 11.4. The number of aldehydes is 1. The van der Waals surface area contributed by atoms with Crippen LogP contribution in [0.3, 0.4) is 0 Å². The van der Waals surface area contributed by atoms with E-state index in [9.17, 15) is 9.59 Å². The zero-order valence-corrected chi connectivity index (χ0v) is 18.4. The van der Waals surface area contributed by atoms with Gasteiger partial charge in [0.25, 0.3) is 0 Å². The van der Waals surface area contributed by atoms with E-state index in [1.165, 1.54) is 0 Å². The second-order valence-corrected chi connectivity index (χ2v) is 8.74. The van der Waals surface area contributed by atoms with Gasteiger partial charge < -0.3 is 9.36 Å². The van der Waals surface area contributed by atoms with Gasteiger partial charge in [-0.2, -0.15) is 0 Å². The third kappa shape index (κ3) is 3.82. The Morgan fingerprint density at radius 2 is 1.36 bits per heavy atom. The third-order valence-corrected chi connectivity index (χ3v) is 6.61. The Hall–Kier alpha value is -3.79. The van der Waals surface area contributed by atoms with Crippen molar-refractivity contribution in [3.8, 4) is 0 Å². The van der Waals surface area contributed by atoms with Crippen molar-refractivity contribution in [3.05, 3.63) is 126 Å². The molecule has 1 unspecified atom stereocenters. The lowest BCUT2D eigenvalue weighted by Gasteiger charge is -2.38. The average Bonchev–Trinajstić information content (AvgIpc) is 3.58. The van der Waals surface area contributed by atoms with Gasteiger partial charge in [0, 0.05) is 0 Å². The van der Waals surface area contributed by atoms with E-state index in [1.54, 1.807) is 12.5 Å². The van der Waals surface area contributed by atoms with Gasteiger partial charge in [0.05, 0.1) is 18.4 Å². The lowest BCUT2D eigenvalue weighted by atomic mass is 9.76. The number of benzene rings is 3. The number of Topliss-reactive ketones (excluding diaryl/α,β-unsaturated/α-hetero) is 1. The molecule has 0 spiro atoms. The van der Waals surface area contributed by atoms with Crippen molar-refractivity contribution in [3.63, 3.8) is 0 Å². The predicted octanol–water partition coefficient (Wildman–Crippen LogP) is 5.52. The Morgan fingerprint density at radius 3 is 1.79 bits per heavy atom. The smallest absolute Gasteiger partial charge is 0.191 e. The number of aromatic nitrogens is 2. The van der Waals surface area contributed by atoms with Crippen LogP contribution in [0.4, 0.5) is 0 Å². The fourth-order valence-electron chi connectivity index (χ4n) is 4.83. The molecule has 1 heterocycles. The zero-order valence-electron chi connectivity index (χ0n) is 18.4. The SMILES string of the molecule is O=CC(CC1CC1)C(=O)c1cncn1C(c1ccccc1)(c1ccccc1)c1ccccc1. The maximum Gasteiger partial charge on any atom is 0.191 e. The van der Waals surface area contributed by atoms with Crippen LogP contribution >= 0.6 is 0 Å². The number of carbonyl (C=O) groups is 2. The highest BCUT2D eigenvalue weighted by atomic mass is 16.1. The van der Waals surface area contributed by atoms with Gasteiger partial charge in [-0.25, -0.2) is 4.98 Å². The molecule has 1 atom stereocenters. The summed E-state index contributed by atoms with van der Waals surface area (Å²) in [5.74, 6) is -0.336. The Bertz CT molecular complexity index is 1130. The van der Waals surface area contributed by atoms with E-state index < -0.39 is 11.5 Å². The number of hydrogen-bond acceptors (Lipinski definition) is 3. The summed E-state index contributed by atoms with van der Waals surface area (Å²) in [4.78, 5) is 30.0. The van der Waals surface area contributed by atoms with Gasteiger partial charge >= 0.3 is 0 Å². The Labute approximate surface area is 193 Å². The largest absolute Gasteiger partial charge is 0.309 e. The van der Waals surface area contributed by atoms with Gasteiger partial charge in [-0.1, -0.05) is 104 Å². The van der Waals surface area contributed by atoms with Gasteiger partial charge in [0.15, 0.2) is 5.78 Å². The molecule has 0 amide bonds. The van der Waals surface area contributed by atoms with Crippen molar-refractivity contribution in [2.45, 2.75) is 24.8 Å². The van der Waals surface area contributed by atoms with Crippen LogP contribution in [-0.2, 0) is 10.3 Å². The molecule has 3 aromatic carbocycles. The van der Waals surface area contributed by atoms with Crippen LogP contribution in [-0.4, -0.2) is 21.6 Å². The minimum Gasteiger partial charge on any atom is -0.309 e. The monoisotopic (exact) mass is 434 g/mol. The van der Waals surface area contributed by atoms with Crippen LogP contribution < -0.4 is 0 Å². The molecule has 5 rings (SSSR count). The molecule has 0 saturated heterocycles. The number of ketones is 1. The van der Waals surface area contributed by atoms with E-state index in [1.807, 2.05) is 59.2 Å². The molecule has 1 aliphatic carbocycles. The van der Waals surface area contributed by atoms with E-state index in [4.69, 9.17) is 0 Å². The molecule has 33 heavy (non-hydrogen) atoms. The van der Waals surface area contributed by atoms with Crippen molar-refractivity contribution < 1.29 is 9.59 Å². The summed E-state index contributed by atoms with van der Waals surface area (Å²) in [6, 6.07) is 30.5. The molecule has 1 fully saturated rings. The molecule has 164 valence electrons. The quantitative estimate of drug-likeness (QED) is 0.151. The molecule has 4 aromatic rings. The second kappa shape index (κ2) is 8.99. The van der Waals surface area contributed by atoms with Crippen molar-refractivity contribution in [1.82, 2.24) is 9.55 Å². The van der Waals surface area contributed by atoms with E-state index >= 15 is 0 Å². The molecule has 4 heteroatoms. The van der Waals surface area contributed by atoms with E-state index in [-0.39, 0.29) is 5.78 Å². The van der Waals surface area contributed by atoms with E-state index in [0.717, 1.165) is 35.8 Å². The van der Waals surface area contributed by atoms with Gasteiger partial charge in [-0.3, -0.25) is 4.79 Å². The minimum atomic E-state index is -0.821. The van der Waals surface area contributed by atoms with Gasteiger partial charge in [0.2, 0.25) is 0 Å². The lowest BCUT2D eigenvalue weighted by Crippen LogP contribution is -2.39. The molecule has 0 bridgehead atoms. The highest BCUT2D eigenvalue weighted by Crippen LogP contribution is 2.42. The second-order valence-electron chi connectivity index (χ2n) is 8.74. The summed E-state index contributed by atoms with van der Waals surface area (Å²) in [5.41, 5.74) is 2.67. The van der Waals surface area contributed by atoms with Gasteiger partial charge in [-0.05, 0) is 29.0 Å². The molecule has 0 N–H and O–H groups in total. The van der Waals surface area contributed by atoms with E-state index in [0.29, 0.717) is 18.0 Å². The average molecular weight is 435 g/mol. The third-order valence-electron chi connectivity index (χ3n) is 6.61. The number of nitrogens with zero attached hydrogens (tertiary/aromatic N) is 2. The first-order valence-corrected chi connectivity index (χ1v) is 11.4. The normalized spacial score (nSPS) is 14.5. The van der Waals surface area contributed by atoms with Crippen LogP contribution in [0.15, 0.2) is 104 Å². The molecule has 4 nitrogen and oxygen atoms in total. The van der Waals surface area contributed by atoms with Crippen molar-refractivity contribution >= 4 is 12.1 Å². The standard InChI is InChI=1S/C29H26N2O2/c32-20-23(18-22-16-17-22)28(33)27-19-30-21-31(27)29(24-10-4-1-5-11-24,25-12-6-2-7-13-25)26-14-8-3-9-15-26/h1-15,19-23H,16-18H2. The molecule has 1 aromatic heterocycles. The summed E-state index contributed by atoms with van der Waals surface area (Å²) < 4.78 is 1.96. The molecule has 1 saturated carbocycles. The lowest BCUT2D eigenvalue weighted by molar-refractivity contribution is -0.110. The van der Waals surface area contributed by atoms with Crippen molar-refractivity contribution in [2.75, 3.05) is 0 Å². The number of carbonyl (C=O) groups excluding carboxylic acids is 2. The van der Waals surface area contributed by atoms with Crippen LogP contribution in [0.5, 0.6) is 0 Å². The molecule has 0 aliphatic heterocycles. The van der Waals surface area contributed by atoms with Gasteiger partial charge in [-0.15, -0.1) is 0 Å². The molecular formula is C29H26N2O2. The maximum absolute atomic E-state index is 13.7. The van der Waals surface area contributed by atoms with Crippen molar-refractivity contribution in [2.24, 2.45) is 11.8 Å². The number of imidazole rings is 1. The first kappa shape index (κ1) is 21.1. The number of rotatable bonds is 9. The highest BCUT2D eigenvalue weighted by Gasteiger charge is 2.41. The van der Waals surface area contributed by atoms with Crippen LogP contribution in [0, 0.1) is 11.8 Å². The summed E-state index contributed by atoms with van der Waals surface area (Å²) >= 11 is 0. The van der Waals surface area contributed by atoms with E-state index in [2.05, 4.69) is 41.4 Å². The summed E-state index contributed by atoms with van der Waals surface area (Å²) in [6.07, 6.45) is 6.95. The zero-order chi connectivity index (χ0) is 22.7. The van der Waals surface area contributed by atoms with Gasteiger partial charge in [0.1, 0.15) is 17.5 Å². The summed E-state index contributed by atoms with van der Waals surface area (Å²) in [5, 5.41) is 0. The maximum atomic E-state index is 13.7.